The van der Waals surface area contributed by atoms with Crippen LogP contribution in [0.15, 0.2) is 24.5 Å². The molecule has 3 aromatic rings. The van der Waals surface area contributed by atoms with Crippen LogP contribution in [0.2, 0.25) is 0 Å². The molecule has 0 aliphatic carbocycles. The molecule has 2 N–H and O–H groups in total. The Morgan fingerprint density at radius 2 is 1.97 bits per heavy atom. The molecule has 0 aromatic carbocycles. The zero-order valence-corrected chi connectivity index (χ0v) is 20.5. The second-order valence-electron chi connectivity index (χ2n) is 9.36. The molecule has 1 fully saturated rings. The number of pyridine rings is 1. The van der Waals surface area contributed by atoms with E-state index >= 15 is 0 Å². The lowest BCUT2D eigenvalue weighted by Gasteiger charge is -2.38. The Morgan fingerprint density at radius 3 is 2.65 bits per heavy atom. The number of nitrogens with one attached hydrogen (secondary N) is 2. The molecule has 1 saturated heterocycles. The van der Waals surface area contributed by atoms with Crippen LogP contribution in [-0.2, 0) is 9.63 Å². The van der Waals surface area contributed by atoms with Crippen LogP contribution >= 0.6 is 11.3 Å². The molecular formula is C23H27FN6O3S. The summed E-state index contributed by atoms with van der Waals surface area (Å²) in [6.45, 7) is 9.85. The van der Waals surface area contributed by atoms with Crippen molar-refractivity contribution < 1.29 is 18.8 Å². The first-order valence-electron chi connectivity index (χ1n) is 10.9. The molecule has 0 spiro atoms. The number of amides is 2. The van der Waals surface area contributed by atoms with Crippen LogP contribution in [0.25, 0.3) is 10.2 Å². The van der Waals surface area contributed by atoms with Crippen LogP contribution in [0.1, 0.15) is 54.7 Å². The molecule has 0 bridgehead atoms. The van der Waals surface area contributed by atoms with Crippen LogP contribution in [-0.4, -0.2) is 50.4 Å². The van der Waals surface area contributed by atoms with Crippen molar-refractivity contribution in [2.45, 2.75) is 46.3 Å². The topological polar surface area (TPSA) is 109 Å². The third kappa shape index (κ3) is 5.31. The SMILES string of the molecule is Cc1cc2nc(NC(C)c3cncc(F)c3)nc(C(=O)N3CC(C(=O)NOC(C)(C)C)C3)c2s1. The highest BCUT2D eigenvalue weighted by molar-refractivity contribution is 7.19. The lowest BCUT2D eigenvalue weighted by atomic mass is 9.99. The van der Waals surface area contributed by atoms with Gasteiger partial charge in [-0.15, -0.1) is 11.3 Å². The number of aromatic nitrogens is 3. The number of likely N-dealkylation sites (tertiary alicyclic amines) is 1. The normalized spacial score (nSPS) is 15.2. The molecule has 1 aliphatic heterocycles. The molecule has 0 saturated carbocycles. The fourth-order valence-electron chi connectivity index (χ4n) is 3.45. The molecule has 3 aromatic heterocycles. The van der Waals surface area contributed by atoms with Crippen LogP contribution in [0.5, 0.6) is 0 Å². The van der Waals surface area contributed by atoms with E-state index in [2.05, 4.69) is 25.7 Å². The van der Waals surface area contributed by atoms with E-state index in [4.69, 9.17) is 4.84 Å². The van der Waals surface area contributed by atoms with Crippen molar-refractivity contribution in [1.29, 1.82) is 0 Å². The van der Waals surface area contributed by atoms with E-state index in [1.54, 1.807) is 11.1 Å². The minimum Gasteiger partial charge on any atom is -0.348 e. The molecule has 34 heavy (non-hydrogen) atoms. The average molecular weight is 487 g/mol. The van der Waals surface area contributed by atoms with Gasteiger partial charge in [-0.2, -0.15) is 0 Å². The number of hydrogen-bond acceptors (Lipinski definition) is 8. The predicted octanol–water partition coefficient (Wildman–Crippen LogP) is 3.63. The number of carbonyl (C=O) groups excluding carboxylic acids is 2. The number of fused-ring (bicyclic) bond motifs is 1. The molecule has 0 radical (unpaired) electrons. The van der Waals surface area contributed by atoms with E-state index in [-0.39, 0.29) is 48.5 Å². The van der Waals surface area contributed by atoms with Gasteiger partial charge in [-0.3, -0.25) is 19.4 Å². The number of anilines is 1. The standard InChI is InChI=1S/C23H27FN6O3S/c1-12-6-17-19(34-12)18(21(32)30-10-15(11-30)20(31)29-33-23(3,4)5)28-22(27-17)26-13(2)14-7-16(24)9-25-8-14/h6-9,13,15H,10-11H2,1-5H3,(H,29,31)(H,26,27,28). The number of nitrogens with zero attached hydrogens (tertiary/aromatic N) is 4. The highest BCUT2D eigenvalue weighted by Crippen LogP contribution is 2.30. The molecule has 1 unspecified atom stereocenters. The molecule has 1 aliphatic rings. The van der Waals surface area contributed by atoms with E-state index in [1.165, 1.54) is 17.4 Å². The molecule has 4 rings (SSSR count). The van der Waals surface area contributed by atoms with E-state index in [0.717, 1.165) is 11.1 Å². The van der Waals surface area contributed by atoms with Crippen molar-refractivity contribution in [3.05, 3.63) is 46.5 Å². The van der Waals surface area contributed by atoms with Gasteiger partial charge < -0.3 is 10.2 Å². The summed E-state index contributed by atoms with van der Waals surface area (Å²) in [4.78, 5) is 46.4. The minimum absolute atomic E-state index is 0.251. The van der Waals surface area contributed by atoms with Gasteiger partial charge in [-0.05, 0) is 52.3 Å². The van der Waals surface area contributed by atoms with Gasteiger partial charge in [0.05, 0.1) is 34.0 Å². The first-order chi connectivity index (χ1) is 16.0. The summed E-state index contributed by atoms with van der Waals surface area (Å²) in [6.07, 6.45) is 2.70. The second kappa shape index (κ2) is 9.22. The maximum absolute atomic E-state index is 13.6. The van der Waals surface area contributed by atoms with Crippen LogP contribution < -0.4 is 10.8 Å². The fraction of sp³-hybridized carbons (Fsp3) is 0.435. The first kappa shape index (κ1) is 24.0. The highest BCUT2D eigenvalue weighted by Gasteiger charge is 2.38. The zero-order valence-electron chi connectivity index (χ0n) is 19.7. The quantitative estimate of drug-likeness (QED) is 0.512. The van der Waals surface area contributed by atoms with Gasteiger partial charge in [0.1, 0.15) is 5.82 Å². The smallest absolute Gasteiger partial charge is 0.274 e. The van der Waals surface area contributed by atoms with E-state index < -0.39 is 11.4 Å². The van der Waals surface area contributed by atoms with Crippen molar-refractivity contribution in [2.24, 2.45) is 5.92 Å². The number of thiophene rings is 1. The summed E-state index contributed by atoms with van der Waals surface area (Å²) in [5.41, 5.74) is 3.53. The first-order valence-corrected chi connectivity index (χ1v) is 11.7. The van der Waals surface area contributed by atoms with Crippen LogP contribution in [0, 0.1) is 18.7 Å². The summed E-state index contributed by atoms with van der Waals surface area (Å²) in [5, 5.41) is 3.14. The highest BCUT2D eigenvalue weighted by atomic mass is 32.1. The van der Waals surface area contributed by atoms with Crippen LogP contribution in [0.4, 0.5) is 10.3 Å². The number of hydroxylamine groups is 1. The van der Waals surface area contributed by atoms with Gasteiger partial charge in [0.25, 0.3) is 5.91 Å². The van der Waals surface area contributed by atoms with Crippen molar-refractivity contribution in [3.63, 3.8) is 0 Å². The summed E-state index contributed by atoms with van der Waals surface area (Å²) >= 11 is 1.44. The summed E-state index contributed by atoms with van der Waals surface area (Å²) in [5.74, 6) is -1.03. The Balaban J connectivity index is 1.51. The summed E-state index contributed by atoms with van der Waals surface area (Å²) < 4.78 is 14.3. The number of halogens is 1. The lowest BCUT2D eigenvalue weighted by Crippen LogP contribution is -2.56. The Hall–Kier alpha value is -3.18. The molecule has 180 valence electrons. The number of carbonyl (C=O) groups is 2. The maximum atomic E-state index is 13.6. The number of hydrogen-bond donors (Lipinski definition) is 2. The van der Waals surface area contributed by atoms with E-state index in [9.17, 15) is 14.0 Å². The fourth-order valence-corrected chi connectivity index (χ4v) is 4.38. The van der Waals surface area contributed by atoms with Gasteiger partial charge in [0.2, 0.25) is 11.9 Å². The Morgan fingerprint density at radius 1 is 1.24 bits per heavy atom. The summed E-state index contributed by atoms with van der Waals surface area (Å²) in [7, 11) is 0. The third-order valence-corrected chi connectivity index (χ3v) is 6.31. The monoisotopic (exact) mass is 486 g/mol. The maximum Gasteiger partial charge on any atom is 0.274 e. The average Bonchev–Trinajstić information content (AvgIpc) is 3.10. The number of aryl methyl sites for hydroxylation is 1. The van der Waals surface area contributed by atoms with Crippen molar-refractivity contribution in [3.8, 4) is 0 Å². The summed E-state index contributed by atoms with van der Waals surface area (Å²) in [6, 6.07) is 2.95. The zero-order chi connectivity index (χ0) is 24.6. The molecule has 4 heterocycles. The largest absolute Gasteiger partial charge is 0.348 e. The van der Waals surface area contributed by atoms with Gasteiger partial charge in [-0.1, -0.05) is 0 Å². The molecule has 2 amide bonds. The van der Waals surface area contributed by atoms with Crippen molar-refractivity contribution in [1.82, 2.24) is 25.3 Å². The van der Waals surface area contributed by atoms with Gasteiger partial charge in [0, 0.05) is 24.2 Å². The Kier molecular flexibility index (Phi) is 6.50. The van der Waals surface area contributed by atoms with E-state index in [0.29, 0.717) is 15.8 Å². The molecule has 1 atom stereocenters. The molecular weight excluding hydrogens is 459 g/mol. The third-order valence-electron chi connectivity index (χ3n) is 5.27. The predicted molar refractivity (Wildman–Crippen MR) is 127 cm³/mol. The van der Waals surface area contributed by atoms with Crippen molar-refractivity contribution in [2.75, 3.05) is 18.4 Å². The molecule has 9 nitrogen and oxygen atoms in total. The van der Waals surface area contributed by atoms with Crippen molar-refractivity contribution >= 4 is 39.3 Å². The van der Waals surface area contributed by atoms with Crippen LogP contribution in [0.3, 0.4) is 0 Å². The Bertz CT molecular complexity index is 1240. The van der Waals surface area contributed by atoms with Gasteiger partial charge >= 0.3 is 0 Å². The van der Waals surface area contributed by atoms with Gasteiger partial charge in [-0.25, -0.2) is 19.8 Å². The minimum atomic E-state index is -0.499. The number of rotatable bonds is 6. The van der Waals surface area contributed by atoms with Gasteiger partial charge in [0.15, 0.2) is 5.69 Å². The lowest BCUT2D eigenvalue weighted by molar-refractivity contribution is -0.153. The Labute approximate surface area is 200 Å². The van der Waals surface area contributed by atoms with E-state index in [1.807, 2.05) is 40.7 Å². The molecule has 11 heteroatoms. The second-order valence-corrected chi connectivity index (χ2v) is 10.6.